The molecule has 18 heavy (non-hydrogen) atoms. The first-order valence-electron chi connectivity index (χ1n) is 6.23. The molecule has 0 heterocycles. The molecule has 0 spiro atoms. The normalized spacial score (nSPS) is 11.1. The number of amides is 1. The smallest absolute Gasteiger partial charge is 0.239 e. The molecule has 0 fully saturated rings. The summed E-state index contributed by atoms with van der Waals surface area (Å²) in [6, 6.07) is 7.85. The number of hydrogen-bond donors (Lipinski definition) is 2. The Hall–Kier alpha value is -1.55. The summed E-state index contributed by atoms with van der Waals surface area (Å²) in [5, 5.41) is 2.82. The van der Waals surface area contributed by atoms with Crippen molar-refractivity contribution in [3.05, 3.63) is 29.8 Å². The van der Waals surface area contributed by atoms with Crippen LogP contribution in [0.1, 0.15) is 26.3 Å². The van der Waals surface area contributed by atoms with E-state index < -0.39 is 5.54 Å². The molecule has 0 bridgehead atoms. The molecule has 0 aliphatic rings. The quantitative estimate of drug-likeness (QED) is 0.804. The molecular weight excluding hydrogens is 228 g/mol. The Balaban J connectivity index is 2.51. The van der Waals surface area contributed by atoms with Crippen molar-refractivity contribution >= 4 is 5.91 Å². The van der Waals surface area contributed by atoms with Crippen molar-refractivity contribution in [2.45, 2.75) is 32.7 Å². The van der Waals surface area contributed by atoms with E-state index in [0.717, 1.165) is 17.7 Å². The van der Waals surface area contributed by atoms with E-state index in [0.29, 0.717) is 13.2 Å². The number of hydrogen-bond acceptors (Lipinski definition) is 3. The number of nitrogens with two attached hydrogens (primary N) is 1. The Morgan fingerprint density at radius 2 is 2.06 bits per heavy atom. The number of ether oxygens (including phenoxy) is 1. The first-order chi connectivity index (χ1) is 8.45. The zero-order valence-electron chi connectivity index (χ0n) is 11.3. The van der Waals surface area contributed by atoms with E-state index in [1.807, 2.05) is 31.2 Å². The van der Waals surface area contributed by atoms with Gasteiger partial charge in [-0.2, -0.15) is 0 Å². The lowest BCUT2D eigenvalue weighted by Crippen LogP contribution is -2.49. The van der Waals surface area contributed by atoms with E-state index >= 15 is 0 Å². The van der Waals surface area contributed by atoms with Crippen LogP contribution in [0.5, 0.6) is 5.75 Å². The van der Waals surface area contributed by atoms with E-state index in [2.05, 4.69) is 5.32 Å². The van der Waals surface area contributed by atoms with Gasteiger partial charge in [0.1, 0.15) is 5.75 Å². The molecule has 0 aliphatic carbocycles. The molecule has 0 saturated heterocycles. The maximum Gasteiger partial charge on any atom is 0.239 e. The fourth-order valence-corrected chi connectivity index (χ4v) is 1.55. The van der Waals surface area contributed by atoms with Crippen LogP contribution in [0.4, 0.5) is 0 Å². The molecule has 3 N–H and O–H groups in total. The summed E-state index contributed by atoms with van der Waals surface area (Å²) in [5.41, 5.74) is 5.96. The first-order valence-corrected chi connectivity index (χ1v) is 6.23. The molecule has 1 aromatic rings. The summed E-state index contributed by atoms with van der Waals surface area (Å²) in [6.45, 7) is 6.53. The molecule has 4 heteroatoms. The highest BCUT2D eigenvalue weighted by atomic mass is 16.5. The van der Waals surface area contributed by atoms with Gasteiger partial charge in [-0.1, -0.05) is 18.2 Å². The summed E-state index contributed by atoms with van der Waals surface area (Å²) < 4.78 is 5.52. The molecule has 0 aromatic heterocycles. The van der Waals surface area contributed by atoms with Crippen molar-refractivity contribution < 1.29 is 9.53 Å². The zero-order chi connectivity index (χ0) is 13.6. The van der Waals surface area contributed by atoms with Crippen LogP contribution in [-0.4, -0.2) is 24.6 Å². The van der Waals surface area contributed by atoms with E-state index in [1.54, 1.807) is 13.8 Å². The second-order valence-corrected chi connectivity index (χ2v) is 4.77. The van der Waals surface area contributed by atoms with Crippen molar-refractivity contribution in [3.63, 3.8) is 0 Å². The van der Waals surface area contributed by atoms with E-state index in [4.69, 9.17) is 10.5 Å². The van der Waals surface area contributed by atoms with Crippen molar-refractivity contribution in [2.24, 2.45) is 5.73 Å². The Morgan fingerprint density at radius 1 is 1.39 bits per heavy atom. The molecule has 0 aliphatic heterocycles. The van der Waals surface area contributed by atoms with Crippen LogP contribution in [-0.2, 0) is 11.2 Å². The fraction of sp³-hybridized carbons (Fsp3) is 0.500. The summed E-state index contributed by atoms with van der Waals surface area (Å²) in [7, 11) is 0. The molecule has 1 aromatic carbocycles. The van der Waals surface area contributed by atoms with E-state index in [9.17, 15) is 4.79 Å². The van der Waals surface area contributed by atoms with Crippen LogP contribution in [0.2, 0.25) is 0 Å². The summed E-state index contributed by atoms with van der Waals surface area (Å²) in [6.07, 6.45) is 0.734. The van der Waals surface area contributed by atoms with Gasteiger partial charge in [-0.15, -0.1) is 0 Å². The minimum Gasteiger partial charge on any atom is -0.494 e. The van der Waals surface area contributed by atoms with Gasteiger partial charge in [-0.3, -0.25) is 4.79 Å². The Morgan fingerprint density at radius 3 is 2.67 bits per heavy atom. The molecule has 0 unspecified atom stereocenters. The van der Waals surface area contributed by atoms with Crippen molar-refractivity contribution in [3.8, 4) is 5.75 Å². The van der Waals surface area contributed by atoms with Gasteiger partial charge in [0.05, 0.1) is 12.1 Å². The summed E-state index contributed by atoms with van der Waals surface area (Å²) in [5.74, 6) is 0.734. The average Bonchev–Trinajstić information content (AvgIpc) is 2.30. The largest absolute Gasteiger partial charge is 0.494 e. The molecule has 1 amide bonds. The van der Waals surface area contributed by atoms with Gasteiger partial charge in [-0.25, -0.2) is 0 Å². The van der Waals surface area contributed by atoms with Crippen LogP contribution in [0, 0.1) is 0 Å². The standard InChI is InChI=1S/C14H22N2O2/c1-4-18-12-8-6-5-7-11(12)9-10-16-13(17)14(2,3)15/h5-8H,4,9-10,15H2,1-3H3,(H,16,17). The zero-order valence-corrected chi connectivity index (χ0v) is 11.3. The number of para-hydroxylation sites is 1. The number of benzene rings is 1. The molecule has 0 saturated carbocycles. The predicted molar refractivity (Wildman–Crippen MR) is 72.6 cm³/mol. The maximum atomic E-state index is 11.6. The molecular formula is C14H22N2O2. The Labute approximate surface area is 109 Å². The highest BCUT2D eigenvalue weighted by Gasteiger charge is 2.20. The molecule has 0 radical (unpaired) electrons. The van der Waals surface area contributed by atoms with Crippen LogP contribution in [0.25, 0.3) is 0 Å². The van der Waals surface area contributed by atoms with Gasteiger partial charge in [0, 0.05) is 6.54 Å². The highest BCUT2D eigenvalue weighted by molar-refractivity contribution is 5.84. The lowest BCUT2D eigenvalue weighted by atomic mass is 10.1. The fourth-order valence-electron chi connectivity index (χ4n) is 1.55. The lowest BCUT2D eigenvalue weighted by Gasteiger charge is -2.18. The third-order valence-electron chi connectivity index (χ3n) is 2.54. The minimum absolute atomic E-state index is 0.142. The minimum atomic E-state index is -0.834. The third kappa shape index (κ3) is 4.37. The van der Waals surface area contributed by atoms with E-state index in [-0.39, 0.29) is 5.91 Å². The third-order valence-corrected chi connectivity index (χ3v) is 2.54. The van der Waals surface area contributed by atoms with Gasteiger partial charge >= 0.3 is 0 Å². The molecule has 100 valence electrons. The van der Waals surface area contributed by atoms with E-state index in [1.165, 1.54) is 0 Å². The monoisotopic (exact) mass is 250 g/mol. The van der Waals surface area contributed by atoms with Crippen LogP contribution in [0.3, 0.4) is 0 Å². The van der Waals surface area contributed by atoms with Crippen LogP contribution < -0.4 is 15.8 Å². The van der Waals surface area contributed by atoms with Crippen molar-refractivity contribution in [1.82, 2.24) is 5.32 Å². The predicted octanol–water partition coefficient (Wildman–Crippen LogP) is 1.48. The molecule has 4 nitrogen and oxygen atoms in total. The number of carbonyl (C=O) groups excluding carboxylic acids is 1. The SMILES string of the molecule is CCOc1ccccc1CCNC(=O)C(C)(C)N. The number of nitrogens with one attached hydrogen (secondary N) is 1. The lowest BCUT2D eigenvalue weighted by molar-refractivity contribution is -0.125. The number of rotatable bonds is 6. The second-order valence-electron chi connectivity index (χ2n) is 4.77. The van der Waals surface area contributed by atoms with Gasteiger partial charge in [-0.05, 0) is 38.8 Å². The Bertz CT molecular complexity index is 397. The highest BCUT2D eigenvalue weighted by Crippen LogP contribution is 2.18. The van der Waals surface area contributed by atoms with Gasteiger partial charge in [0.15, 0.2) is 0 Å². The van der Waals surface area contributed by atoms with Crippen molar-refractivity contribution in [1.29, 1.82) is 0 Å². The Kier molecular flexibility index (Phi) is 5.16. The topological polar surface area (TPSA) is 64.3 Å². The first kappa shape index (κ1) is 14.5. The second kappa shape index (κ2) is 6.40. The van der Waals surface area contributed by atoms with Crippen molar-refractivity contribution in [2.75, 3.05) is 13.2 Å². The molecule has 0 atom stereocenters. The maximum absolute atomic E-state index is 11.6. The van der Waals surface area contributed by atoms with Gasteiger partial charge < -0.3 is 15.8 Å². The van der Waals surface area contributed by atoms with Gasteiger partial charge in [0.2, 0.25) is 5.91 Å². The van der Waals surface area contributed by atoms with Crippen LogP contribution in [0.15, 0.2) is 24.3 Å². The van der Waals surface area contributed by atoms with Crippen LogP contribution >= 0.6 is 0 Å². The molecule has 1 rings (SSSR count). The number of carbonyl (C=O) groups is 1. The summed E-state index contributed by atoms with van der Waals surface area (Å²) in [4.78, 5) is 11.6. The summed E-state index contributed by atoms with van der Waals surface area (Å²) >= 11 is 0. The van der Waals surface area contributed by atoms with Gasteiger partial charge in [0.25, 0.3) is 0 Å². The average molecular weight is 250 g/mol.